The Labute approximate surface area is 223 Å². The molecule has 1 aromatic rings. The Morgan fingerprint density at radius 2 is 1.61 bits per heavy atom. The van der Waals surface area contributed by atoms with Gasteiger partial charge in [0.15, 0.2) is 0 Å². The molecule has 3 aliphatic rings. The fourth-order valence-electron chi connectivity index (χ4n) is 5.70. The van der Waals surface area contributed by atoms with Crippen molar-refractivity contribution in [3.8, 4) is 0 Å². The molecule has 38 heavy (non-hydrogen) atoms. The first-order valence-electron chi connectivity index (χ1n) is 13.1. The number of nitrogens with one attached hydrogen (secondary N) is 1. The molecule has 13 heteroatoms. The average Bonchev–Trinajstić information content (AvgIpc) is 2.88. The molecule has 0 amide bonds. The number of nitrogens with zero attached hydrogens (tertiary/aromatic N) is 4. The summed E-state index contributed by atoms with van der Waals surface area (Å²) in [7, 11) is -3.43. The van der Waals surface area contributed by atoms with Crippen LogP contribution in [0.4, 0.5) is 24.5 Å². The van der Waals surface area contributed by atoms with Crippen LogP contribution in [-0.4, -0.2) is 91.1 Å². The van der Waals surface area contributed by atoms with Gasteiger partial charge in [0.25, 0.3) is 5.69 Å². The molecule has 1 aromatic carbocycles. The molecular formula is C25H40F3N5O4S. The van der Waals surface area contributed by atoms with Crippen LogP contribution < -0.4 is 5.32 Å². The van der Waals surface area contributed by atoms with Gasteiger partial charge in [0.1, 0.15) is 5.56 Å². The van der Waals surface area contributed by atoms with Crippen molar-refractivity contribution in [2.45, 2.75) is 70.6 Å². The SMILES string of the molecule is C.O=[N+]([O-])c1ccc(NC2CCN(S(=O)(=O)CCN3CCN(C4CCCCC4)CC3)CC2)cc1C(F)(F)F. The van der Waals surface area contributed by atoms with Gasteiger partial charge in [0.2, 0.25) is 10.0 Å². The Balaban J connectivity index is 0.00000400. The Kier molecular flexibility index (Phi) is 10.4. The van der Waals surface area contributed by atoms with Gasteiger partial charge in [-0.25, -0.2) is 12.7 Å². The van der Waals surface area contributed by atoms with E-state index in [1.807, 2.05) is 0 Å². The number of rotatable bonds is 8. The Morgan fingerprint density at radius 1 is 0.974 bits per heavy atom. The van der Waals surface area contributed by atoms with E-state index >= 15 is 0 Å². The minimum absolute atomic E-state index is 0. The molecular weight excluding hydrogens is 523 g/mol. The Bertz CT molecular complexity index is 1030. The van der Waals surface area contributed by atoms with Crippen LogP contribution in [-0.2, 0) is 16.2 Å². The molecule has 9 nitrogen and oxygen atoms in total. The van der Waals surface area contributed by atoms with Gasteiger partial charge in [0, 0.05) is 69.7 Å². The standard InChI is InChI=1S/C24H36F3N5O4S.CH4/c25-24(26,27)22-18-20(6-7-23(22)32(33)34)28-19-8-10-31(11-9-19)37(35,36)17-16-29-12-14-30(15-13-29)21-4-2-1-3-5-21;/h6-7,18-19,21,28H,1-5,8-17H2;1H4. The van der Waals surface area contributed by atoms with Crippen molar-refractivity contribution in [1.29, 1.82) is 0 Å². The van der Waals surface area contributed by atoms with Crippen molar-refractivity contribution >= 4 is 21.4 Å². The van der Waals surface area contributed by atoms with Gasteiger partial charge in [-0.2, -0.15) is 13.2 Å². The molecule has 0 spiro atoms. The summed E-state index contributed by atoms with van der Waals surface area (Å²) in [4.78, 5) is 14.7. The van der Waals surface area contributed by atoms with Gasteiger partial charge < -0.3 is 5.32 Å². The number of hydrogen-bond acceptors (Lipinski definition) is 7. The van der Waals surface area contributed by atoms with Crippen LogP contribution in [0.3, 0.4) is 0 Å². The maximum Gasteiger partial charge on any atom is 0.423 e. The molecule has 0 radical (unpaired) electrons. The van der Waals surface area contributed by atoms with Crippen LogP contribution in [0.1, 0.15) is 57.9 Å². The molecule has 1 saturated carbocycles. The lowest BCUT2D eigenvalue weighted by Gasteiger charge is -2.41. The summed E-state index contributed by atoms with van der Waals surface area (Å²) in [5, 5.41) is 13.9. The summed E-state index contributed by atoms with van der Waals surface area (Å²) < 4.78 is 67.1. The van der Waals surface area contributed by atoms with E-state index in [-0.39, 0.29) is 38.0 Å². The first kappa shape index (κ1) is 30.6. The first-order chi connectivity index (χ1) is 17.5. The molecule has 0 bridgehead atoms. The molecule has 4 rings (SSSR count). The van der Waals surface area contributed by atoms with E-state index in [1.54, 1.807) is 0 Å². The number of piperazine rings is 1. The number of piperidine rings is 1. The van der Waals surface area contributed by atoms with E-state index in [1.165, 1.54) is 42.5 Å². The molecule has 216 valence electrons. The summed E-state index contributed by atoms with van der Waals surface area (Å²) in [5.74, 6) is 0.0613. The van der Waals surface area contributed by atoms with Crippen LogP contribution in [0, 0.1) is 10.1 Å². The topological polar surface area (TPSA) is 99.0 Å². The van der Waals surface area contributed by atoms with E-state index < -0.39 is 32.4 Å². The zero-order valence-electron chi connectivity index (χ0n) is 21.0. The largest absolute Gasteiger partial charge is 0.423 e. The quantitative estimate of drug-likeness (QED) is 0.370. The number of benzene rings is 1. The van der Waals surface area contributed by atoms with E-state index in [9.17, 15) is 31.7 Å². The van der Waals surface area contributed by atoms with Gasteiger partial charge in [-0.3, -0.25) is 19.9 Å². The number of alkyl halides is 3. The highest BCUT2D eigenvalue weighted by Gasteiger charge is 2.39. The summed E-state index contributed by atoms with van der Waals surface area (Å²) in [6, 6.07) is 3.31. The normalized spacial score (nSPS) is 21.7. The molecule has 1 aliphatic carbocycles. The average molecular weight is 564 g/mol. The highest BCUT2D eigenvalue weighted by Crippen LogP contribution is 2.38. The maximum atomic E-state index is 13.2. The van der Waals surface area contributed by atoms with Crippen LogP contribution >= 0.6 is 0 Å². The second kappa shape index (κ2) is 12.9. The lowest BCUT2D eigenvalue weighted by molar-refractivity contribution is -0.388. The Morgan fingerprint density at radius 3 is 2.18 bits per heavy atom. The third-order valence-electron chi connectivity index (χ3n) is 7.88. The number of sulfonamides is 1. The van der Waals surface area contributed by atoms with Crippen molar-refractivity contribution < 1.29 is 26.5 Å². The summed E-state index contributed by atoms with van der Waals surface area (Å²) >= 11 is 0. The van der Waals surface area contributed by atoms with Crippen molar-refractivity contribution in [2.24, 2.45) is 0 Å². The van der Waals surface area contributed by atoms with E-state index in [0.29, 0.717) is 25.4 Å². The predicted molar refractivity (Wildman–Crippen MR) is 142 cm³/mol. The summed E-state index contributed by atoms with van der Waals surface area (Å²) in [6.07, 6.45) is 2.52. The van der Waals surface area contributed by atoms with Gasteiger partial charge in [-0.1, -0.05) is 26.7 Å². The third kappa shape index (κ3) is 7.80. The second-order valence-electron chi connectivity index (χ2n) is 10.3. The molecule has 2 aliphatic heterocycles. The molecule has 0 atom stereocenters. The molecule has 0 aromatic heterocycles. The summed E-state index contributed by atoms with van der Waals surface area (Å²) in [6.45, 7) is 4.81. The van der Waals surface area contributed by atoms with Gasteiger partial charge >= 0.3 is 6.18 Å². The molecule has 2 saturated heterocycles. The van der Waals surface area contributed by atoms with Crippen LogP contribution in [0.2, 0.25) is 0 Å². The molecule has 3 fully saturated rings. The van der Waals surface area contributed by atoms with E-state index in [4.69, 9.17) is 0 Å². The number of nitro benzene ring substituents is 1. The fraction of sp³-hybridized carbons (Fsp3) is 0.760. The lowest BCUT2D eigenvalue weighted by Crippen LogP contribution is -2.52. The summed E-state index contributed by atoms with van der Waals surface area (Å²) in [5.41, 5.74) is -2.16. The van der Waals surface area contributed by atoms with Gasteiger partial charge in [-0.05, 0) is 37.8 Å². The zero-order valence-corrected chi connectivity index (χ0v) is 21.8. The first-order valence-corrected chi connectivity index (χ1v) is 14.7. The monoisotopic (exact) mass is 563 g/mol. The zero-order chi connectivity index (χ0) is 26.6. The van der Waals surface area contributed by atoms with Gasteiger partial charge in [0.05, 0.1) is 10.7 Å². The molecule has 2 heterocycles. The second-order valence-corrected chi connectivity index (χ2v) is 12.4. The van der Waals surface area contributed by atoms with Crippen molar-refractivity contribution in [3.05, 3.63) is 33.9 Å². The minimum atomic E-state index is -4.85. The smallest absolute Gasteiger partial charge is 0.382 e. The maximum absolute atomic E-state index is 13.2. The predicted octanol–water partition coefficient (Wildman–Crippen LogP) is 4.41. The number of halogens is 3. The van der Waals surface area contributed by atoms with Crippen molar-refractivity contribution in [1.82, 2.24) is 14.1 Å². The minimum Gasteiger partial charge on any atom is -0.382 e. The highest BCUT2D eigenvalue weighted by molar-refractivity contribution is 7.89. The number of nitro groups is 1. The van der Waals surface area contributed by atoms with Crippen LogP contribution in [0.25, 0.3) is 0 Å². The molecule has 0 unspecified atom stereocenters. The van der Waals surface area contributed by atoms with Gasteiger partial charge in [-0.15, -0.1) is 0 Å². The lowest BCUT2D eigenvalue weighted by atomic mass is 9.94. The fourth-order valence-corrected chi connectivity index (χ4v) is 7.21. The Hall–Kier alpha value is -1.96. The highest BCUT2D eigenvalue weighted by atomic mass is 32.2. The van der Waals surface area contributed by atoms with Crippen molar-refractivity contribution in [3.63, 3.8) is 0 Å². The van der Waals surface area contributed by atoms with E-state index in [2.05, 4.69) is 15.1 Å². The van der Waals surface area contributed by atoms with Crippen LogP contribution in [0.15, 0.2) is 18.2 Å². The molecule has 1 N–H and O–H groups in total. The number of anilines is 1. The van der Waals surface area contributed by atoms with Crippen LogP contribution in [0.5, 0.6) is 0 Å². The third-order valence-corrected chi connectivity index (χ3v) is 9.73. The number of hydrogen-bond donors (Lipinski definition) is 1. The van der Waals surface area contributed by atoms with Crippen molar-refractivity contribution in [2.75, 3.05) is 56.9 Å². The van der Waals surface area contributed by atoms with E-state index in [0.717, 1.165) is 38.3 Å².